The zero-order chi connectivity index (χ0) is 17.1. The van der Waals surface area contributed by atoms with E-state index in [1.54, 1.807) is 0 Å². The molecule has 0 radical (unpaired) electrons. The molecule has 0 saturated heterocycles. The van der Waals surface area contributed by atoms with E-state index < -0.39 is 12.2 Å². The zero-order valence-corrected chi connectivity index (χ0v) is 13.2. The van der Waals surface area contributed by atoms with Crippen LogP contribution in [0.2, 0.25) is 0 Å². The van der Waals surface area contributed by atoms with Crippen LogP contribution in [0.25, 0.3) is 0 Å². The minimum Gasteiger partial charge on any atom is -0.465 e. The van der Waals surface area contributed by atoms with Crippen molar-refractivity contribution in [3.8, 4) is 0 Å². The minimum atomic E-state index is -1.18. The SMILES string of the molecule is O=C(Nc1nc2c(s1)C(=O)CN(C(=O)O)C2)OCc1ccccc1. The molecule has 0 aliphatic carbocycles. The van der Waals surface area contributed by atoms with E-state index in [-0.39, 0.29) is 30.6 Å². The summed E-state index contributed by atoms with van der Waals surface area (Å²) >= 11 is 1.01. The maximum absolute atomic E-state index is 11.9. The first-order valence-electron chi connectivity index (χ1n) is 7.01. The second-order valence-corrected chi connectivity index (χ2v) is 6.04. The summed E-state index contributed by atoms with van der Waals surface area (Å²) in [7, 11) is 0. The van der Waals surface area contributed by atoms with Gasteiger partial charge in [0, 0.05) is 0 Å². The number of fused-ring (bicyclic) bond motifs is 1. The number of Topliss-reactive ketones (excluding diaryl/α,β-unsaturated/α-hetero) is 1. The highest BCUT2D eigenvalue weighted by atomic mass is 32.1. The van der Waals surface area contributed by atoms with Crippen LogP contribution in [0.1, 0.15) is 20.9 Å². The van der Waals surface area contributed by atoms with Gasteiger partial charge in [-0.25, -0.2) is 14.6 Å². The second-order valence-electron chi connectivity index (χ2n) is 5.04. The lowest BCUT2D eigenvalue weighted by molar-refractivity contribution is 0.0877. The van der Waals surface area contributed by atoms with Gasteiger partial charge < -0.3 is 9.84 Å². The number of aromatic nitrogens is 1. The Kier molecular flexibility index (Phi) is 4.43. The smallest absolute Gasteiger partial charge is 0.413 e. The third-order valence-electron chi connectivity index (χ3n) is 3.32. The lowest BCUT2D eigenvalue weighted by Crippen LogP contribution is -2.38. The van der Waals surface area contributed by atoms with Crippen LogP contribution >= 0.6 is 11.3 Å². The first kappa shape index (κ1) is 15.9. The van der Waals surface area contributed by atoms with Gasteiger partial charge in [-0.05, 0) is 5.56 Å². The fourth-order valence-electron chi connectivity index (χ4n) is 2.19. The highest BCUT2D eigenvalue weighted by molar-refractivity contribution is 7.17. The van der Waals surface area contributed by atoms with Gasteiger partial charge in [0.25, 0.3) is 0 Å². The van der Waals surface area contributed by atoms with Gasteiger partial charge in [0.05, 0.1) is 23.7 Å². The molecule has 2 heterocycles. The zero-order valence-electron chi connectivity index (χ0n) is 12.4. The van der Waals surface area contributed by atoms with Gasteiger partial charge in [-0.1, -0.05) is 41.7 Å². The van der Waals surface area contributed by atoms with Crippen LogP contribution in [0, 0.1) is 0 Å². The number of amides is 2. The van der Waals surface area contributed by atoms with E-state index in [4.69, 9.17) is 9.84 Å². The fraction of sp³-hybridized carbons (Fsp3) is 0.200. The van der Waals surface area contributed by atoms with Crippen molar-refractivity contribution in [3.63, 3.8) is 0 Å². The third kappa shape index (κ3) is 3.51. The molecule has 9 heteroatoms. The minimum absolute atomic E-state index is 0.0215. The Bertz CT molecular complexity index is 790. The Morgan fingerprint density at radius 3 is 2.75 bits per heavy atom. The number of rotatable bonds is 3. The Labute approximate surface area is 140 Å². The van der Waals surface area contributed by atoms with Crippen molar-refractivity contribution < 1.29 is 24.2 Å². The molecule has 1 aromatic carbocycles. The number of ketones is 1. The summed E-state index contributed by atoms with van der Waals surface area (Å²) in [6, 6.07) is 9.20. The summed E-state index contributed by atoms with van der Waals surface area (Å²) in [6.45, 7) is -0.0699. The summed E-state index contributed by atoms with van der Waals surface area (Å²) in [6.07, 6.45) is -1.87. The quantitative estimate of drug-likeness (QED) is 0.883. The largest absolute Gasteiger partial charge is 0.465 e. The van der Waals surface area contributed by atoms with Crippen LogP contribution < -0.4 is 5.32 Å². The van der Waals surface area contributed by atoms with E-state index in [1.165, 1.54) is 0 Å². The number of carboxylic acid groups (broad SMARTS) is 1. The van der Waals surface area contributed by atoms with E-state index in [0.717, 1.165) is 21.8 Å². The summed E-state index contributed by atoms with van der Waals surface area (Å²) in [5.41, 5.74) is 1.19. The number of nitrogens with one attached hydrogen (secondary N) is 1. The van der Waals surface area contributed by atoms with E-state index in [1.807, 2.05) is 30.3 Å². The summed E-state index contributed by atoms with van der Waals surface area (Å²) < 4.78 is 5.08. The van der Waals surface area contributed by atoms with Crippen LogP contribution in [-0.2, 0) is 17.9 Å². The van der Waals surface area contributed by atoms with Crippen LogP contribution in [0.3, 0.4) is 0 Å². The van der Waals surface area contributed by atoms with Crippen LogP contribution in [-0.4, -0.2) is 39.5 Å². The molecule has 0 fully saturated rings. The molecule has 0 bridgehead atoms. The molecule has 0 atom stereocenters. The Morgan fingerprint density at radius 2 is 2.04 bits per heavy atom. The molecule has 3 rings (SSSR count). The summed E-state index contributed by atoms with van der Waals surface area (Å²) in [5, 5.41) is 11.6. The average molecular weight is 347 g/mol. The molecule has 124 valence electrons. The number of carbonyl (C=O) groups excluding carboxylic acids is 2. The molecule has 0 unspecified atom stereocenters. The third-order valence-corrected chi connectivity index (χ3v) is 4.37. The first-order chi connectivity index (χ1) is 11.5. The molecule has 0 saturated carbocycles. The Hall–Kier alpha value is -2.94. The molecule has 1 aliphatic heterocycles. The molecular formula is C15H13N3O5S. The topological polar surface area (TPSA) is 109 Å². The number of benzene rings is 1. The van der Waals surface area contributed by atoms with Gasteiger partial charge in [-0.15, -0.1) is 0 Å². The molecule has 8 nitrogen and oxygen atoms in total. The first-order valence-corrected chi connectivity index (χ1v) is 7.83. The number of thiazole rings is 1. The highest BCUT2D eigenvalue weighted by Crippen LogP contribution is 2.28. The number of anilines is 1. The van der Waals surface area contributed by atoms with Crippen LogP contribution in [0.15, 0.2) is 30.3 Å². The van der Waals surface area contributed by atoms with E-state index in [0.29, 0.717) is 10.6 Å². The normalized spacial score (nSPS) is 13.3. The molecule has 0 spiro atoms. The van der Waals surface area contributed by atoms with Crippen molar-refractivity contribution in [1.82, 2.24) is 9.88 Å². The van der Waals surface area contributed by atoms with E-state index >= 15 is 0 Å². The molecular weight excluding hydrogens is 334 g/mol. The predicted molar refractivity (Wildman–Crippen MR) is 85.1 cm³/mol. The van der Waals surface area contributed by atoms with E-state index in [2.05, 4.69) is 10.3 Å². The Morgan fingerprint density at radius 1 is 1.29 bits per heavy atom. The van der Waals surface area contributed by atoms with Gasteiger partial charge in [0.2, 0.25) is 0 Å². The van der Waals surface area contributed by atoms with Crippen molar-refractivity contribution in [2.75, 3.05) is 11.9 Å². The van der Waals surface area contributed by atoms with Crippen molar-refractivity contribution in [2.24, 2.45) is 0 Å². The molecule has 2 amide bonds. The van der Waals surface area contributed by atoms with Gasteiger partial charge in [-0.3, -0.25) is 15.0 Å². The number of hydrogen-bond acceptors (Lipinski definition) is 6. The van der Waals surface area contributed by atoms with Crippen molar-refractivity contribution in [3.05, 3.63) is 46.5 Å². The average Bonchev–Trinajstić information content (AvgIpc) is 2.97. The molecule has 2 aromatic rings. The van der Waals surface area contributed by atoms with Crippen molar-refractivity contribution in [1.29, 1.82) is 0 Å². The number of hydrogen-bond donors (Lipinski definition) is 2. The highest BCUT2D eigenvalue weighted by Gasteiger charge is 2.30. The van der Waals surface area contributed by atoms with Crippen LogP contribution in [0.4, 0.5) is 14.7 Å². The molecule has 24 heavy (non-hydrogen) atoms. The van der Waals surface area contributed by atoms with Gasteiger partial charge in [-0.2, -0.15) is 0 Å². The predicted octanol–water partition coefficient (Wildman–Crippen LogP) is 2.57. The summed E-state index contributed by atoms with van der Waals surface area (Å²) in [5.74, 6) is -0.332. The number of ether oxygens (including phenoxy) is 1. The molecule has 2 N–H and O–H groups in total. The number of nitrogens with zero attached hydrogens (tertiary/aromatic N) is 2. The number of carbonyl (C=O) groups is 3. The van der Waals surface area contributed by atoms with Gasteiger partial charge in [0.15, 0.2) is 10.9 Å². The fourth-order valence-corrected chi connectivity index (χ4v) is 3.08. The van der Waals surface area contributed by atoms with Crippen molar-refractivity contribution in [2.45, 2.75) is 13.2 Å². The van der Waals surface area contributed by atoms with E-state index in [9.17, 15) is 14.4 Å². The standard InChI is InChI=1S/C15H13N3O5S/c19-11-7-18(15(21)22)6-10-12(11)24-13(16-10)17-14(20)23-8-9-4-2-1-3-5-9/h1-5H,6-8H2,(H,21,22)(H,16,17,20). The lowest BCUT2D eigenvalue weighted by Gasteiger charge is -2.21. The van der Waals surface area contributed by atoms with Gasteiger partial charge in [0.1, 0.15) is 6.61 Å². The summed E-state index contributed by atoms with van der Waals surface area (Å²) in [4.78, 5) is 40.2. The maximum atomic E-state index is 11.9. The Balaban J connectivity index is 1.62. The maximum Gasteiger partial charge on any atom is 0.413 e. The lowest BCUT2D eigenvalue weighted by atomic mass is 10.2. The monoisotopic (exact) mass is 347 g/mol. The van der Waals surface area contributed by atoms with Crippen LogP contribution in [0.5, 0.6) is 0 Å². The molecule has 1 aliphatic rings. The molecule has 1 aromatic heterocycles. The van der Waals surface area contributed by atoms with Gasteiger partial charge >= 0.3 is 12.2 Å². The van der Waals surface area contributed by atoms with Crippen molar-refractivity contribution >= 4 is 34.4 Å². The second kappa shape index (κ2) is 6.67.